The SMILES string of the molecule is CC(O)(CCO)CCCCCCO. The van der Waals surface area contributed by atoms with Crippen molar-refractivity contribution in [1.82, 2.24) is 0 Å². The Kier molecular flexibility index (Phi) is 7.23. The maximum Gasteiger partial charge on any atom is 0.0641 e. The highest BCUT2D eigenvalue weighted by Gasteiger charge is 2.18. The Morgan fingerprint density at radius 2 is 1.46 bits per heavy atom. The second kappa shape index (κ2) is 7.30. The van der Waals surface area contributed by atoms with E-state index in [4.69, 9.17) is 10.2 Å². The van der Waals surface area contributed by atoms with Gasteiger partial charge in [-0.05, 0) is 26.2 Å². The Labute approximate surface area is 80.4 Å². The third-order valence-electron chi connectivity index (χ3n) is 2.27. The second-order valence-electron chi connectivity index (χ2n) is 3.86. The van der Waals surface area contributed by atoms with Crippen LogP contribution < -0.4 is 0 Å². The topological polar surface area (TPSA) is 60.7 Å². The highest BCUT2D eigenvalue weighted by Crippen LogP contribution is 2.18. The molecule has 0 aliphatic heterocycles. The van der Waals surface area contributed by atoms with Crippen molar-refractivity contribution in [3.05, 3.63) is 0 Å². The van der Waals surface area contributed by atoms with Gasteiger partial charge in [-0.2, -0.15) is 0 Å². The fraction of sp³-hybridized carbons (Fsp3) is 1.00. The quantitative estimate of drug-likeness (QED) is 0.502. The molecule has 0 aromatic rings. The molecule has 0 aromatic carbocycles. The number of aliphatic hydroxyl groups excluding tert-OH is 2. The summed E-state index contributed by atoms with van der Waals surface area (Å²) >= 11 is 0. The van der Waals surface area contributed by atoms with E-state index in [1.165, 1.54) is 0 Å². The van der Waals surface area contributed by atoms with Crippen molar-refractivity contribution in [1.29, 1.82) is 0 Å². The zero-order chi connectivity index (χ0) is 10.2. The molecule has 0 radical (unpaired) electrons. The minimum atomic E-state index is -0.714. The van der Waals surface area contributed by atoms with Crippen molar-refractivity contribution >= 4 is 0 Å². The molecule has 3 nitrogen and oxygen atoms in total. The highest BCUT2D eigenvalue weighted by atomic mass is 16.3. The van der Waals surface area contributed by atoms with Crippen molar-refractivity contribution in [3.8, 4) is 0 Å². The van der Waals surface area contributed by atoms with Gasteiger partial charge < -0.3 is 15.3 Å². The van der Waals surface area contributed by atoms with Gasteiger partial charge in [-0.15, -0.1) is 0 Å². The first kappa shape index (κ1) is 12.9. The fourth-order valence-corrected chi connectivity index (χ4v) is 1.34. The Morgan fingerprint density at radius 1 is 0.846 bits per heavy atom. The summed E-state index contributed by atoms with van der Waals surface area (Å²) in [5.74, 6) is 0. The summed E-state index contributed by atoms with van der Waals surface area (Å²) in [5, 5.41) is 26.8. The Balaban J connectivity index is 3.29. The van der Waals surface area contributed by atoms with Crippen LogP contribution in [0.25, 0.3) is 0 Å². The lowest BCUT2D eigenvalue weighted by atomic mass is 9.95. The molecule has 0 rings (SSSR count). The molecule has 3 N–H and O–H groups in total. The average Bonchev–Trinajstić information content (AvgIpc) is 2.04. The molecule has 1 atom stereocenters. The van der Waals surface area contributed by atoms with Crippen LogP contribution >= 0.6 is 0 Å². The molecule has 0 spiro atoms. The lowest BCUT2D eigenvalue weighted by molar-refractivity contribution is 0.0231. The zero-order valence-corrected chi connectivity index (χ0v) is 8.50. The molecule has 0 saturated carbocycles. The van der Waals surface area contributed by atoms with Crippen LogP contribution in [0.3, 0.4) is 0 Å². The van der Waals surface area contributed by atoms with E-state index in [0.29, 0.717) is 6.42 Å². The first-order valence-corrected chi connectivity index (χ1v) is 5.06. The summed E-state index contributed by atoms with van der Waals surface area (Å²) in [6.07, 6.45) is 5.06. The Hall–Kier alpha value is -0.120. The lowest BCUT2D eigenvalue weighted by Gasteiger charge is -2.21. The monoisotopic (exact) mass is 190 g/mol. The zero-order valence-electron chi connectivity index (χ0n) is 8.50. The van der Waals surface area contributed by atoms with Gasteiger partial charge in [-0.1, -0.05) is 19.3 Å². The number of hydrogen-bond donors (Lipinski definition) is 3. The summed E-state index contributed by atoms with van der Waals surface area (Å²) in [4.78, 5) is 0. The lowest BCUT2D eigenvalue weighted by Crippen LogP contribution is -2.25. The van der Waals surface area contributed by atoms with E-state index < -0.39 is 5.60 Å². The maximum atomic E-state index is 9.66. The summed E-state index contributed by atoms with van der Waals surface area (Å²) in [6, 6.07) is 0. The first-order valence-electron chi connectivity index (χ1n) is 5.06. The molecule has 0 bridgehead atoms. The Bertz CT molecular complexity index is 113. The summed E-state index contributed by atoms with van der Waals surface area (Å²) in [5.41, 5.74) is -0.714. The van der Waals surface area contributed by atoms with Crippen LogP contribution in [0.15, 0.2) is 0 Å². The molecule has 1 unspecified atom stereocenters. The summed E-state index contributed by atoms with van der Waals surface area (Å²) in [6.45, 7) is 2.06. The van der Waals surface area contributed by atoms with E-state index >= 15 is 0 Å². The molecule has 0 fully saturated rings. The molecule has 0 saturated heterocycles. The van der Waals surface area contributed by atoms with E-state index in [1.54, 1.807) is 6.92 Å². The van der Waals surface area contributed by atoms with Crippen LogP contribution in [-0.2, 0) is 0 Å². The van der Waals surface area contributed by atoms with Crippen LogP contribution in [0.1, 0.15) is 45.4 Å². The van der Waals surface area contributed by atoms with Gasteiger partial charge in [-0.3, -0.25) is 0 Å². The van der Waals surface area contributed by atoms with Crippen LogP contribution in [0.2, 0.25) is 0 Å². The van der Waals surface area contributed by atoms with Gasteiger partial charge in [0, 0.05) is 13.2 Å². The Morgan fingerprint density at radius 3 is 2.00 bits per heavy atom. The van der Waals surface area contributed by atoms with Crippen molar-refractivity contribution < 1.29 is 15.3 Å². The van der Waals surface area contributed by atoms with Gasteiger partial charge in [0.2, 0.25) is 0 Å². The molecular weight excluding hydrogens is 168 g/mol. The fourth-order valence-electron chi connectivity index (χ4n) is 1.34. The average molecular weight is 190 g/mol. The molecule has 13 heavy (non-hydrogen) atoms. The van der Waals surface area contributed by atoms with Crippen molar-refractivity contribution in [2.45, 2.75) is 51.0 Å². The molecule has 0 heterocycles. The van der Waals surface area contributed by atoms with Gasteiger partial charge >= 0.3 is 0 Å². The van der Waals surface area contributed by atoms with Crippen molar-refractivity contribution in [2.24, 2.45) is 0 Å². The minimum Gasteiger partial charge on any atom is -0.396 e. The van der Waals surface area contributed by atoms with Crippen molar-refractivity contribution in [2.75, 3.05) is 13.2 Å². The third kappa shape index (κ3) is 8.22. The molecule has 0 amide bonds. The third-order valence-corrected chi connectivity index (χ3v) is 2.27. The number of unbranched alkanes of at least 4 members (excludes halogenated alkanes) is 3. The van der Waals surface area contributed by atoms with Gasteiger partial charge in [0.05, 0.1) is 5.60 Å². The summed E-state index contributed by atoms with van der Waals surface area (Å²) in [7, 11) is 0. The molecule has 0 aliphatic rings. The number of hydrogen-bond acceptors (Lipinski definition) is 3. The van der Waals surface area contributed by atoms with E-state index in [9.17, 15) is 5.11 Å². The molecular formula is C10H22O3. The molecule has 3 heteroatoms. The van der Waals surface area contributed by atoms with E-state index in [0.717, 1.165) is 32.1 Å². The highest BCUT2D eigenvalue weighted by molar-refractivity contribution is 4.71. The van der Waals surface area contributed by atoms with Crippen molar-refractivity contribution in [3.63, 3.8) is 0 Å². The van der Waals surface area contributed by atoms with Crippen LogP contribution in [-0.4, -0.2) is 34.1 Å². The molecule has 80 valence electrons. The molecule has 0 aromatic heterocycles. The van der Waals surface area contributed by atoms with Gasteiger partial charge in [0.25, 0.3) is 0 Å². The predicted octanol–water partition coefficient (Wildman–Crippen LogP) is 1.06. The predicted molar refractivity (Wildman–Crippen MR) is 52.5 cm³/mol. The largest absolute Gasteiger partial charge is 0.396 e. The second-order valence-corrected chi connectivity index (χ2v) is 3.86. The van der Waals surface area contributed by atoms with E-state index in [-0.39, 0.29) is 13.2 Å². The van der Waals surface area contributed by atoms with Crippen LogP contribution in [0.4, 0.5) is 0 Å². The smallest absolute Gasteiger partial charge is 0.0641 e. The minimum absolute atomic E-state index is 0.0453. The first-order chi connectivity index (χ1) is 6.12. The van der Waals surface area contributed by atoms with Gasteiger partial charge in [0.1, 0.15) is 0 Å². The number of aliphatic hydroxyl groups is 3. The van der Waals surface area contributed by atoms with Gasteiger partial charge in [-0.25, -0.2) is 0 Å². The standard InChI is InChI=1S/C10H22O3/c1-10(13,7-9-12)6-4-2-3-5-8-11/h11-13H,2-9H2,1H3. The van der Waals surface area contributed by atoms with E-state index in [1.807, 2.05) is 0 Å². The maximum absolute atomic E-state index is 9.66. The normalized spacial score (nSPS) is 15.7. The molecule has 0 aliphatic carbocycles. The van der Waals surface area contributed by atoms with Crippen LogP contribution in [0, 0.1) is 0 Å². The summed E-state index contributed by atoms with van der Waals surface area (Å²) < 4.78 is 0. The van der Waals surface area contributed by atoms with Crippen LogP contribution in [0.5, 0.6) is 0 Å². The number of rotatable bonds is 8. The van der Waals surface area contributed by atoms with Gasteiger partial charge in [0.15, 0.2) is 0 Å². The van der Waals surface area contributed by atoms with E-state index in [2.05, 4.69) is 0 Å².